The number of aryl methyl sites for hydroxylation is 1. The number of hydrogen-bond acceptors (Lipinski definition) is 4. The van der Waals surface area contributed by atoms with Crippen molar-refractivity contribution in [1.29, 1.82) is 0 Å². The third kappa shape index (κ3) is 4.40. The first-order valence-electron chi connectivity index (χ1n) is 7.47. The van der Waals surface area contributed by atoms with Gasteiger partial charge in [0.25, 0.3) is 5.91 Å². The Morgan fingerprint density at radius 1 is 1.35 bits per heavy atom. The zero-order valence-corrected chi connectivity index (χ0v) is 14.5. The average molecular weight is 337 g/mol. The summed E-state index contributed by atoms with van der Waals surface area (Å²) in [4.78, 5) is 14.6. The Morgan fingerprint density at radius 3 is 2.61 bits per heavy atom. The quantitative estimate of drug-likeness (QED) is 0.800. The highest BCUT2D eigenvalue weighted by molar-refractivity contribution is 7.89. The Balaban J connectivity index is 2.17. The van der Waals surface area contributed by atoms with Gasteiger partial charge in [-0.15, -0.1) is 0 Å². The highest BCUT2D eigenvalue weighted by Gasteiger charge is 2.17. The normalized spacial score (nSPS) is 16.1. The van der Waals surface area contributed by atoms with E-state index in [0.717, 1.165) is 30.6 Å². The van der Waals surface area contributed by atoms with Crippen LogP contribution in [0.2, 0.25) is 0 Å². The van der Waals surface area contributed by atoms with Crippen molar-refractivity contribution in [2.24, 2.45) is 5.14 Å². The smallest absolute Gasteiger partial charge is 0.251 e. The van der Waals surface area contributed by atoms with E-state index in [1.54, 1.807) is 13.8 Å². The molecule has 23 heavy (non-hydrogen) atoms. The summed E-state index contributed by atoms with van der Waals surface area (Å²) >= 11 is 0. The highest BCUT2D eigenvalue weighted by Crippen LogP contribution is 2.19. The van der Waals surface area contributed by atoms with Gasteiger partial charge in [-0.05, 0) is 50.6 Å². The van der Waals surface area contributed by atoms with Crippen molar-refractivity contribution in [3.63, 3.8) is 0 Å². The number of likely N-dealkylation sites (N-methyl/N-ethyl adjacent to an activating group) is 1. The van der Waals surface area contributed by atoms with Gasteiger partial charge in [0, 0.05) is 25.2 Å². The number of nitrogens with zero attached hydrogens (tertiary/aromatic N) is 1. The molecule has 1 aliphatic rings. The number of carbonyl (C=O) groups excluding carboxylic acids is 1. The van der Waals surface area contributed by atoms with Crippen LogP contribution in [0.5, 0.6) is 0 Å². The molecule has 1 aromatic carbocycles. The molecule has 1 aliphatic heterocycles. The predicted molar refractivity (Wildman–Crippen MR) is 89.8 cm³/mol. The van der Waals surface area contributed by atoms with Crippen LogP contribution < -0.4 is 10.5 Å². The minimum Gasteiger partial charge on any atom is -0.348 e. The van der Waals surface area contributed by atoms with Gasteiger partial charge in [-0.2, -0.15) is 0 Å². The Labute approximate surface area is 137 Å². The summed E-state index contributed by atoms with van der Waals surface area (Å²) < 4.78 is 23.1. The van der Waals surface area contributed by atoms with E-state index in [9.17, 15) is 13.2 Å². The number of sulfonamides is 1. The van der Waals surface area contributed by atoms with Crippen LogP contribution >= 0.6 is 0 Å². The van der Waals surface area contributed by atoms with Gasteiger partial charge in [0.15, 0.2) is 0 Å². The fourth-order valence-electron chi connectivity index (χ4n) is 2.49. The standard InChI is InChI=1S/C16H23N3O3S/c1-11-8-14(23(17,21)22)9-15(12(11)2)16(20)18-10-13-4-6-19(3)7-5-13/h4,8-9H,5-7,10H2,1-3H3,(H,18,20)(H2,17,21,22). The van der Waals surface area contributed by atoms with Crippen molar-refractivity contribution in [3.8, 4) is 0 Å². The maximum Gasteiger partial charge on any atom is 0.251 e. The van der Waals surface area contributed by atoms with E-state index in [2.05, 4.69) is 23.3 Å². The molecule has 0 saturated carbocycles. The minimum atomic E-state index is -3.84. The van der Waals surface area contributed by atoms with Crippen LogP contribution in [0.4, 0.5) is 0 Å². The maximum absolute atomic E-state index is 12.4. The van der Waals surface area contributed by atoms with E-state index in [1.165, 1.54) is 17.7 Å². The lowest BCUT2D eigenvalue weighted by atomic mass is 10.0. The Morgan fingerprint density at radius 2 is 2.04 bits per heavy atom. The lowest BCUT2D eigenvalue weighted by molar-refractivity contribution is 0.0955. The van der Waals surface area contributed by atoms with Crippen molar-refractivity contribution in [2.45, 2.75) is 25.2 Å². The number of primary sulfonamides is 1. The van der Waals surface area contributed by atoms with E-state index >= 15 is 0 Å². The fourth-order valence-corrected chi connectivity index (χ4v) is 3.11. The largest absolute Gasteiger partial charge is 0.348 e. The lowest BCUT2D eigenvalue weighted by Crippen LogP contribution is -2.31. The second kappa shape index (κ2) is 6.82. The van der Waals surface area contributed by atoms with Crippen molar-refractivity contribution in [3.05, 3.63) is 40.5 Å². The van der Waals surface area contributed by atoms with Gasteiger partial charge in [-0.25, -0.2) is 13.6 Å². The van der Waals surface area contributed by atoms with Gasteiger partial charge in [0.05, 0.1) is 4.90 Å². The molecule has 0 unspecified atom stereocenters. The lowest BCUT2D eigenvalue weighted by Gasteiger charge is -2.22. The molecule has 126 valence electrons. The molecule has 1 amide bonds. The number of amides is 1. The molecule has 2 rings (SSSR count). The zero-order valence-electron chi connectivity index (χ0n) is 13.7. The van der Waals surface area contributed by atoms with Gasteiger partial charge in [0.2, 0.25) is 10.0 Å². The van der Waals surface area contributed by atoms with Gasteiger partial charge >= 0.3 is 0 Å². The van der Waals surface area contributed by atoms with Gasteiger partial charge in [-0.3, -0.25) is 4.79 Å². The predicted octanol–water partition coefficient (Wildman–Crippen LogP) is 0.943. The summed E-state index contributed by atoms with van der Waals surface area (Å²) in [6.07, 6.45) is 3.04. The Kier molecular flexibility index (Phi) is 5.23. The molecule has 0 atom stereocenters. The van der Waals surface area contributed by atoms with Crippen LogP contribution in [0, 0.1) is 13.8 Å². The number of nitrogens with one attached hydrogen (secondary N) is 1. The van der Waals surface area contributed by atoms with E-state index in [0.29, 0.717) is 12.1 Å². The first-order chi connectivity index (χ1) is 10.7. The molecule has 6 nitrogen and oxygen atoms in total. The van der Waals surface area contributed by atoms with Crippen LogP contribution in [0.25, 0.3) is 0 Å². The molecular formula is C16H23N3O3S. The minimum absolute atomic E-state index is 0.0377. The van der Waals surface area contributed by atoms with E-state index < -0.39 is 10.0 Å². The fraction of sp³-hybridized carbons (Fsp3) is 0.438. The van der Waals surface area contributed by atoms with Crippen molar-refractivity contribution in [1.82, 2.24) is 10.2 Å². The van der Waals surface area contributed by atoms with Crippen LogP contribution in [-0.4, -0.2) is 45.9 Å². The number of nitrogens with two attached hydrogens (primary N) is 1. The molecule has 0 aromatic heterocycles. The van der Waals surface area contributed by atoms with E-state index in [-0.39, 0.29) is 10.8 Å². The summed E-state index contributed by atoms with van der Waals surface area (Å²) in [5.41, 5.74) is 3.02. The van der Waals surface area contributed by atoms with Crippen molar-refractivity contribution >= 4 is 15.9 Å². The molecule has 3 N–H and O–H groups in total. The molecule has 0 radical (unpaired) electrons. The molecular weight excluding hydrogens is 314 g/mol. The third-order valence-electron chi connectivity index (χ3n) is 4.20. The van der Waals surface area contributed by atoms with Crippen LogP contribution in [0.15, 0.2) is 28.7 Å². The number of rotatable bonds is 4. The summed E-state index contributed by atoms with van der Waals surface area (Å²) in [7, 11) is -1.78. The second-order valence-electron chi connectivity index (χ2n) is 6.02. The topological polar surface area (TPSA) is 92.5 Å². The number of benzene rings is 1. The SMILES string of the molecule is Cc1cc(S(N)(=O)=O)cc(C(=O)NCC2=CCN(C)CC2)c1C. The number of carbonyl (C=O) groups is 1. The van der Waals surface area contributed by atoms with Crippen molar-refractivity contribution < 1.29 is 13.2 Å². The van der Waals surface area contributed by atoms with Crippen LogP contribution in [0.3, 0.4) is 0 Å². The summed E-state index contributed by atoms with van der Waals surface area (Å²) in [6, 6.07) is 2.83. The average Bonchev–Trinajstić information content (AvgIpc) is 2.48. The van der Waals surface area contributed by atoms with Crippen molar-refractivity contribution in [2.75, 3.05) is 26.7 Å². The van der Waals surface area contributed by atoms with Crippen LogP contribution in [-0.2, 0) is 10.0 Å². The second-order valence-corrected chi connectivity index (χ2v) is 7.58. The molecule has 0 saturated heterocycles. The Hall–Kier alpha value is -1.70. The summed E-state index contributed by atoms with van der Waals surface area (Å²) in [5.74, 6) is -0.282. The molecule has 0 aliphatic carbocycles. The maximum atomic E-state index is 12.4. The zero-order chi connectivity index (χ0) is 17.2. The van der Waals surface area contributed by atoms with E-state index in [1.807, 2.05) is 0 Å². The molecule has 0 bridgehead atoms. The summed E-state index contributed by atoms with van der Waals surface area (Å²) in [5, 5.41) is 8.04. The van der Waals surface area contributed by atoms with Gasteiger partial charge < -0.3 is 10.2 Å². The molecule has 7 heteroatoms. The first kappa shape index (κ1) is 17.7. The molecule has 0 spiro atoms. The number of hydrogen-bond donors (Lipinski definition) is 2. The first-order valence-corrected chi connectivity index (χ1v) is 9.02. The third-order valence-corrected chi connectivity index (χ3v) is 5.09. The molecule has 0 fully saturated rings. The summed E-state index contributed by atoms with van der Waals surface area (Å²) in [6.45, 7) is 5.89. The van der Waals surface area contributed by atoms with Gasteiger partial charge in [0.1, 0.15) is 0 Å². The molecule has 1 heterocycles. The van der Waals surface area contributed by atoms with Crippen LogP contribution in [0.1, 0.15) is 27.9 Å². The highest BCUT2D eigenvalue weighted by atomic mass is 32.2. The van der Waals surface area contributed by atoms with Gasteiger partial charge in [-0.1, -0.05) is 11.6 Å². The Bertz CT molecular complexity index is 754. The van der Waals surface area contributed by atoms with E-state index in [4.69, 9.17) is 5.14 Å². The molecule has 1 aromatic rings. The monoisotopic (exact) mass is 337 g/mol.